The van der Waals surface area contributed by atoms with Crippen molar-refractivity contribution >= 4 is 5.91 Å². The zero-order valence-electron chi connectivity index (χ0n) is 13.4. The fourth-order valence-corrected chi connectivity index (χ4v) is 3.37. The van der Waals surface area contributed by atoms with Gasteiger partial charge in [-0.3, -0.25) is 14.6 Å². The number of carbonyl (C=O) groups is 1. The molecular weight excluding hydrogens is 264 g/mol. The zero-order chi connectivity index (χ0) is 15.2. The van der Waals surface area contributed by atoms with Gasteiger partial charge in [-0.1, -0.05) is 19.3 Å². The van der Waals surface area contributed by atoms with E-state index in [0.717, 1.165) is 39.0 Å². The molecule has 2 fully saturated rings. The molecule has 0 radical (unpaired) electrons. The molecule has 5 heteroatoms. The minimum absolute atomic E-state index is 0.0206. The van der Waals surface area contributed by atoms with Gasteiger partial charge in [0, 0.05) is 39.3 Å². The third kappa shape index (κ3) is 4.42. The molecule has 2 aliphatic rings. The van der Waals surface area contributed by atoms with Crippen LogP contribution in [0.4, 0.5) is 0 Å². The Labute approximate surface area is 128 Å². The average Bonchev–Trinajstić information content (AvgIpc) is 2.55. The van der Waals surface area contributed by atoms with E-state index in [2.05, 4.69) is 15.9 Å². The van der Waals surface area contributed by atoms with Crippen molar-refractivity contribution in [3.8, 4) is 6.07 Å². The van der Waals surface area contributed by atoms with Gasteiger partial charge in [0.05, 0.1) is 18.7 Å². The molecule has 2 rings (SSSR count). The second kappa shape index (κ2) is 7.77. The first-order valence-corrected chi connectivity index (χ1v) is 8.23. The summed E-state index contributed by atoms with van der Waals surface area (Å²) < 4.78 is 0. The fraction of sp³-hybridized carbons (Fsp3) is 0.875. The molecule has 0 aromatic carbocycles. The molecule has 1 saturated carbocycles. The van der Waals surface area contributed by atoms with E-state index in [-0.39, 0.29) is 11.9 Å². The Morgan fingerprint density at radius 2 is 1.86 bits per heavy atom. The van der Waals surface area contributed by atoms with E-state index in [0.29, 0.717) is 12.6 Å². The van der Waals surface area contributed by atoms with Crippen molar-refractivity contribution in [2.75, 3.05) is 39.8 Å². The molecule has 0 aromatic rings. The predicted molar refractivity (Wildman–Crippen MR) is 82.7 cm³/mol. The lowest BCUT2D eigenvalue weighted by molar-refractivity contribution is -0.134. The molecule has 1 heterocycles. The van der Waals surface area contributed by atoms with E-state index in [1.165, 1.54) is 19.3 Å². The molecule has 5 nitrogen and oxygen atoms in total. The van der Waals surface area contributed by atoms with Crippen LogP contribution in [0.2, 0.25) is 0 Å². The molecule has 1 aliphatic heterocycles. The van der Waals surface area contributed by atoms with Crippen molar-refractivity contribution in [1.82, 2.24) is 14.7 Å². The Morgan fingerprint density at radius 3 is 2.43 bits per heavy atom. The SMILES string of the molecule is C[C@@H](C#N)N1CCN(CC(=O)N(C)C2CCCCC2)CC1. The van der Waals surface area contributed by atoms with Crippen molar-refractivity contribution in [2.45, 2.75) is 51.1 Å². The summed E-state index contributed by atoms with van der Waals surface area (Å²) in [5, 5.41) is 8.95. The van der Waals surface area contributed by atoms with Crippen molar-refractivity contribution in [3.05, 3.63) is 0 Å². The Morgan fingerprint density at radius 1 is 1.24 bits per heavy atom. The highest BCUT2D eigenvalue weighted by Gasteiger charge is 2.26. The van der Waals surface area contributed by atoms with Crippen molar-refractivity contribution in [2.24, 2.45) is 0 Å². The number of rotatable bonds is 4. The van der Waals surface area contributed by atoms with Crippen LogP contribution < -0.4 is 0 Å². The highest BCUT2D eigenvalue weighted by Crippen LogP contribution is 2.21. The van der Waals surface area contributed by atoms with Gasteiger partial charge in [-0.2, -0.15) is 5.26 Å². The molecule has 1 aliphatic carbocycles. The minimum Gasteiger partial charge on any atom is -0.342 e. The predicted octanol–water partition coefficient (Wildman–Crippen LogP) is 1.31. The lowest BCUT2D eigenvalue weighted by Gasteiger charge is -2.37. The molecule has 0 spiro atoms. The molecule has 21 heavy (non-hydrogen) atoms. The standard InChI is InChI=1S/C16H28N4O/c1-14(12-17)20-10-8-19(9-11-20)13-16(21)18(2)15-6-4-3-5-7-15/h14-15H,3-11,13H2,1-2H3/t14-/m0/s1. The first kappa shape index (κ1) is 16.3. The van der Waals surface area contributed by atoms with Gasteiger partial charge in [0.15, 0.2) is 0 Å². The summed E-state index contributed by atoms with van der Waals surface area (Å²) >= 11 is 0. The van der Waals surface area contributed by atoms with Crippen molar-refractivity contribution in [1.29, 1.82) is 5.26 Å². The summed E-state index contributed by atoms with van der Waals surface area (Å²) in [5.74, 6) is 0.253. The topological polar surface area (TPSA) is 50.6 Å². The Hall–Kier alpha value is -1.12. The maximum Gasteiger partial charge on any atom is 0.236 e. The van der Waals surface area contributed by atoms with Gasteiger partial charge >= 0.3 is 0 Å². The van der Waals surface area contributed by atoms with Crippen molar-refractivity contribution < 1.29 is 4.79 Å². The monoisotopic (exact) mass is 292 g/mol. The van der Waals surface area contributed by atoms with Gasteiger partial charge < -0.3 is 4.90 Å². The number of hydrogen-bond donors (Lipinski definition) is 0. The summed E-state index contributed by atoms with van der Waals surface area (Å²) in [6.45, 7) is 6.01. The van der Waals surface area contributed by atoms with Crippen LogP contribution in [0.15, 0.2) is 0 Å². The Balaban J connectivity index is 1.75. The third-order valence-corrected chi connectivity index (χ3v) is 5.02. The molecule has 1 amide bonds. The summed E-state index contributed by atoms with van der Waals surface area (Å²) in [4.78, 5) is 18.8. The molecule has 1 atom stereocenters. The van der Waals surface area contributed by atoms with E-state index in [1.807, 2.05) is 18.9 Å². The fourth-order valence-electron chi connectivity index (χ4n) is 3.37. The van der Waals surface area contributed by atoms with Gasteiger partial charge in [-0.15, -0.1) is 0 Å². The molecule has 0 aromatic heterocycles. The van der Waals surface area contributed by atoms with Crippen LogP contribution in [0.25, 0.3) is 0 Å². The van der Waals surface area contributed by atoms with Gasteiger partial charge in [0.25, 0.3) is 0 Å². The molecule has 118 valence electrons. The molecular formula is C16H28N4O. The largest absolute Gasteiger partial charge is 0.342 e. The number of amides is 1. The van der Waals surface area contributed by atoms with Crippen LogP contribution in [0.5, 0.6) is 0 Å². The first-order valence-electron chi connectivity index (χ1n) is 8.23. The normalized spacial score (nSPS) is 23.5. The highest BCUT2D eigenvalue weighted by molar-refractivity contribution is 5.78. The maximum atomic E-state index is 12.4. The van der Waals surface area contributed by atoms with Crippen LogP contribution in [0, 0.1) is 11.3 Å². The Kier molecular flexibility index (Phi) is 6.01. The highest BCUT2D eigenvalue weighted by atomic mass is 16.2. The molecule has 0 N–H and O–H groups in total. The molecule has 0 unspecified atom stereocenters. The smallest absolute Gasteiger partial charge is 0.236 e. The van der Waals surface area contributed by atoms with Crippen LogP contribution >= 0.6 is 0 Å². The summed E-state index contributed by atoms with van der Waals surface area (Å²) in [5.41, 5.74) is 0. The zero-order valence-corrected chi connectivity index (χ0v) is 13.4. The van der Waals surface area contributed by atoms with E-state index < -0.39 is 0 Å². The second-order valence-electron chi connectivity index (χ2n) is 6.41. The number of hydrogen-bond acceptors (Lipinski definition) is 4. The molecule has 1 saturated heterocycles. The summed E-state index contributed by atoms with van der Waals surface area (Å²) in [6, 6.07) is 2.71. The van der Waals surface area contributed by atoms with Crippen LogP contribution in [0.3, 0.4) is 0 Å². The van der Waals surface area contributed by atoms with Crippen LogP contribution in [0.1, 0.15) is 39.0 Å². The van der Waals surface area contributed by atoms with E-state index in [4.69, 9.17) is 5.26 Å². The quantitative estimate of drug-likeness (QED) is 0.784. The molecule has 0 bridgehead atoms. The van der Waals surface area contributed by atoms with Gasteiger partial charge in [-0.25, -0.2) is 0 Å². The van der Waals surface area contributed by atoms with Gasteiger partial charge in [0.1, 0.15) is 0 Å². The number of likely N-dealkylation sites (N-methyl/N-ethyl adjacent to an activating group) is 1. The minimum atomic E-state index is -0.0206. The average molecular weight is 292 g/mol. The van der Waals surface area contributed by atoms with Gasteiger partial charge in [-0.05, 0) is 19.8 Å². The van der Waals surface area contributed by atoms with Crippen molar-refractivity contribution in [3.63, 3.8) is 0 Å². The number of piperazine rings is 1. The lowest BCUT2D eigenvalue weighted by atomic mass is 9.94. The van der Waals surface area contributed by atoms with Gasteiger partial charge in [0.2, 0.25) is 5.91 Å². The van der Waals surface area contributed by atoms with Crippen LogP contribution in [-0.4, -0.2) is 72.5 Å². The maximum absolute atomic E-state index is 12.4. The third-order valence-electron chi connectivity index (χ3n) is 5.02. The summed E-state index contributed by atoms with van der Waals surface area (Å²) in [7, 11) is 1.96. The van der Waals surface area contributed by atoms with E-state index in [9.17, 15) is 4.79 Å². The number of nitrogens with zero attached hydrogens (tertiary/aromatic N) is 4. The summed E-state index contributed by atoms with van der Waals surface area (Å²) in [6.07, 6.45) is 6.16. The number of carbonyl (C=O) groups excluding carboxylic acids is 1. The second-order valence-corrected chi connectivity index (χ2v) is 6.41. The van der Waals surface area contributed by atoms with Crippen LogP contribution in [-0.2, 0) is 4.79 Å². The van der Waals surface area contributed by atoms with E-state index >= 15 is 0 Å². The lowest BCUT2D eigenvalue weighted by Crippen LogP contribution is -2.52. The number of nitriles is 1. The first-order chi connectivity index (χ1) is 10.1. The van der Waals surface area contributed by atoms with E-state index in [1.54, 1.807) is 0 Å². The Bertz CT molecular complexity index is 378.